The number of unbranched alkanes of at least 4 members (excludes halogenated alkanes) is 5. The quantitative estimate of drug-likeness (QED) is 0.608. The fourth-order valence-corrected chi connectivity index (χ4v) is 3.59. The van der Waals surface area contributed by atoms with E-state index < -0.39 is 0 Å². The highest BCUT2D eigenvalue weighted by molar-refractivity contribution is 5.91. The van der Waals surface area contributed by atoms with Gasteiger partial charge in [-0.25, -0.2) is 0 Å². The zero-order chi connectivity index (χ0) is 18.8. The molecule has 1 aromatic rings. The molecule has 1 aliphatic heterocycles. The molecule has 0 unspecified atom stereocenters. The third-order valence-electron chi connectivity index (χ3n) is 5.43. The Morgan fingerprint density at radius 1 is 1.00 bits per heavy atom. The van der Waals surface area contributed by atoms with Crippen molar-refractivity contribution in [3.63, 3.8) is 0 Å². The topological polar surface area (TPSA) is 35.6 Å². The van der Waals surface area contributed by atoms with Gasteiger partial charge in [-0.15, -0.1) is 0 Å². The van der Waals surface area contributed by atoms with Crippen LogP contribution in [-0.4, -0.2) is 43.5 Å². The normalized spacial score (nSPS) is 15.3. The minimum Gasteiger partial charge on any atom is -0.369 e. The number of hydrogen-bond donors (Lipinski definition) is 1. The summed E-state index contributed by atoms with van der Waals surface area (Å²) >= 11 is 0. The molecule has 146 valence electrons. The third kappa shape index (κ3) is 6.64. The summed E-state index contributed by atoms with van der Waals surface area (Å²) in [5.41, 5.74) is 3.38. The molecule has 1 N–H and O–H groups in total. The van der Waals surface area contributed by atoms with Gasteiger partial charge in [0.1, 0.15) is 0 Å². The van der Waals surface area contributed by atoms with Gasteiger partial charge >= 0.3 is 0 Å². The Balaban J connectivity index is 1.77. The third-order valence-corrected chi connectivity index (χ3v) is 5.43. The second kappa shape index (κ2) is 11.2. The number of nitrogens with one attached hydrogen (secondary N) is 1. The number of likely N-dealkylation sites (N-methyl/N-ethyl adjacent to an activating group) is 1. The number of amides is 1. The zero-order valence-electron chi connectivity index (χ0n) is 17.0. The molecule has 26 heavy (non-hydrogen) atoms. The maximum absolute atomic E-state index is 12.2. The van der Waals surface area contributed by atoms with Crippen molar-refractivity contribution in [2.45, 2.75) is 65.7 Å². The van der Waals surface area contributed by atoms with Crippen LogP contribution in [0.15, 0.2) is 18.2 Å². The predicted octanol–water partition coefficient (Wildman–Crippen LogP) is 4.83. The monoisotopic (exact) mass is 359 g/mol. The molecule has 0 atom stereocenters. The first-order chi connectivity index (χ1) is 12.6. The Morgan fingerprint density at radius 2 is 1.69 bits per heavy atom. The average molecular weight is 360 g/mol. The molecular weight excluding hydrogens is 322 g/mol. The van der Waals surface area contributed by atoms with Crippen molar-refractivity contribution in [1.29, 1.82) is 0 Å². The van der Waals surface area contributed by atoms with E-state index in [1.54, 1.807) is 0 Å². The van der Waals surface area contributed by atoms with Gasteiger partial charge in [0.2, 0.25) is 5.91 Å². The lowest BCUT2D eigenvalue weighted by Crippen LogP contribution is -2.46. The Morgan fingerprint density at radius 3 is 2.35 bits per heavy atom. The van der Waals surface area contributed by atoms with Gasteiger partial charge in [0.05, 0.1) is 0 Å². The van der Waals surface area contributed by atoms with Gasteiger partial charge < -0.3 is 15.1 Å². The van der Waals surface area contributed by atoms with Crippen LogP contribution in [0.1, 0.15) is 64.4 Å². The highest BCUT2D eigenvalue weighted by Crippen LogP contribution is 2.24. The van der Waals surface area contributed by atoms with E-state index >= 15 is 0 Å². The van der Waals surface area contributed by atoms with Crippen LogP contribution in [0.4, 0.5) is 11.4 Å². The van der Waals surface area contributed by atoms with E-state index in [4.69, 9.17) is 0 Å². The molecule has 1 aliphatic rings. The average Bonchev–Trinajstić information content (AvgIpc) is 2.66. The molecule has 1 amide bonds. The van der Waals surface area contributed by atoms with Gasteiger partial charge in [0, 0.05) is 44.0 Å². The zero-order valence-corrected chi connectivity index (χ0v) is 17.0. The maximum Gasteiger partial charge on any atom is 0.224 e. The molecule has 4 nitrogen and oxygen atoms in total. The van der Waals surface area contributed by atoms with Crippen molar-refractivity contribution in [2.75, 3.05) is 42.9 Å². The molecule has 0 aromatic heterocycles. The Hall–Kier alpha value is -1.55. The molecule has 0 spiro atoms. The first kappa shape index (κ1) is 20.8. The number of nitrogens with zero attached hydrogens (tertiary/aromatic N) is 2. The molecule has 1 fully saturated rings. The van der Waals surface area contributed by atoms with Crippen molar-refractivity contribution in [3.05, 3.63) is 23.8 Å². The smallest absolute Gasteiger partial charge is 0.224 e. The maximum atomic E-state index is 12.2. The van der Waals surface area contributed by atoms with Crippen LogP contribution in [0.2, 0.25) is 0 Å². The van der Waals surface area contributed by atoms with Crippen molar-refractivity contribution < 1.29 is 4.79 Å². The lowest BCUT2D eigenvalue weighted by atomic mass is 10.1. The summed E-state index contributed by atoms with van der Waals surface area (Å²) in [5, 5.41) is 3.09. The molecule has 2 rings (SSSR count). The molecule has 0 aliphatic carbocycles. The van der Waals surface area contributed by atoms with Crippen LogP contribution >= 0.6 is 0 Å². The SMILES string of the molecule is CCCCCCCCC(=O)Nc1ccc(N2CCN(CC)CC2)cc1C. The Bertz CT molecular complexity index is 550. The van der Waals surface area contributed by atoms with Gasteiger partial charge in [0.25, 0.3) is 0 Å². The standard InChI is InChI=1S/C22H37N3O/c1-4-6-7-8-9-10-11-22(26)23-21-13-12-20(18-19(21)3)25-16-14-24(5-2)15-17-25/h12-13,18H,4-11,14-17H2,1-3H3,(H,23,26). The van der Waals surface area contributed by atoms with Crippen molar-refractivity contribution in [2.24, 2.45) is 0 Å². The summed E-state index contributed by atoms with van der Waals surface area (Å²) in [4.78, 5) is 17.1. The number of carbonyl (C=O) groups is 1. The van der Waals surface area contributed by atoms with Crippen LogP contribution in [-0.2, 0) is 4.79 Å². The van der Waals surface area contributed by atoms with Gasteiger partial charge in [-0.2, -0.15) is 0 Å². The van der Waals surface area contributed by atoms with E-state index in [2.05, 4.69) is 54.1 Å². The number of carbonyl (C=O) groups excluding carboxylic acids is 1. The first-order valence-corrected chi connectivity index (χ1v) is 10.5. The summed E-state index contributed by atoms with van der Waals surface area (Å²) in [6.45, 7) is 12.1. The molecule has 1 aromatic carbocycles. The second-order valence-electron chi connectivity index (χ2n) is 7.49. The molecule has 0 radical (unpaired) electrons. The highest BCUT2D eigenvalue weighted by atomic mass is 16.1. The number of hydrogen-bond acceptors (Lipinski definition) is 3. The van der Waals surface area contributed by atoms with Gasteiger partial charge in [-0.1, -0.05) is 46.0 Å². The lowest BCUT2D eigenvalue weighted by Gasteiger charge is -2.35. The van der Waals surface area contributed by atoms with E-state index in [9.17, 15) is 4.79 Å². The van der Waals surface area contributed by atoms with E-state index in [0.29, 0.717) is 6.42 Å². The van der Waals surface area contributed by atoms with Gasteiger partial charge in [-0.05, 0) is 43.7 Å². The van der Waals surface area contributed by atoms with Gasteiger partial charge in [0.15, 0.2) is 0 Å². The summed E-state index contributed by atoms with van der Waals surface area (Å²) in [5.74, 6) is 0.146. The van der Waals surface area contributed by atoms with Crippen LogP contribution in [0.5, 0.6) is 0 Å². The number of rotatable bonds is 10. The molecule has 1 saturated heterocycles. The highest BCUT2D eigenvalue weighted by Gasteiger charge is 2.16. The van der Waals surface area contributed by atoms with Crippen molar-refractivity contribution >= 4 is 17.3 Å². The summed E-state index contributed by atoms with van der Waals surface area (Å²) in [6, 6.07) is 6.42. The van der Waals surface area contributed by atoms with Crippen LogP contribution in [0.25, 0.3) is 0 Å². The molecule has 0 bridgehead atoms. The van der Waals surface area contributed by atoms with Crippen LogP contribution in [0, 0.1) is 6.92 Å². The fraction of sp³-hybridized carbons (Fsp3) is 0.682. The molecule has 4 heteroatoms. The Kier molecular flexibility index (Phi) is 8.96. The van der Waals surface area contributed by atoms with Gasteiger partial charge in [-0.3, -0.25) is 4.79 Å². The minimum absolute atomic E-state index is 0.146. The second-order valence-corrected chi connectivity index (χ2v) is 7.49. The molecule has 1 heterocycles. The largest absolute Gasteiger partial charge is 0.369 e. The van der Waals surface area contributed by atoms with Crippen LogP contribution < -0.4 is 10.2 Å². The molecular formula is C22H37N3O. The van der Waals surface area contributed by atoms with Crippen molar-refractivity contribution in [1.82, 2.24) is 4.90 Å². The lowest BCUT2D eigenvalue weighted by molar-refractivity contribution is -0.116. The molecule has 0 saturated carbocycles. The van der Waals surface area contributed by atoms with Crippen molar-refractivity contribution in [3.8, 4) is 0 Å². The summed E-state index contributed by atoms with van der Waals surface area (Å²) < 4.78 is 0. The minimum atomic E-state index is 0.146. The predicted molar refractivity (Wildman–Crippen MR) is 112 cm³/mol. The summed E-state index contributed by atoms with van der Waals surface area (Å²) in [7, 11) is 0. The number of anilines is 2. The number of piperazine rings is 1. The van der Waals surface area contributed by atoms with Crippen LogP contribution in [0.3, 0.4) is 0 Å². The van der Waals surface area contributed by atoms with E-state index in [1.165, 1.54) is 31.4 Å². The summed E-state index contributed by atoms with van der Waals surface area (Å²) in [6.07, 6.45) is 7.91. The van der Waals surface area contributed by atoms with E-state index in [-0.39, 0.29) is 5.91 Å². The first-order valence-electron chi connectivity index (χ1n) is 10.5. The van der Waals surface area contributed by atoms with E-state index in [0.717, 1.165) is 56.8 Å². The van der Waals surface area contributed by atoms with E-state index in [1.807, 2.05) is 0 Å². The fourth-order valence-electron chi connectivity index (χ4n) is 3.59. The number of benzene rings is 1. The Labute approximate surface area is 159 Å². The number of aryl methyl sites for hydroxylation is 1.